The number of rotatable bonds is 4. The number of aromatic amines is 2. The molecule has 0 aromatic carbocycles. The van der Waals surface area contributed by atoms with Crippen LogP contribution in [0, 0.1) is 0 Å². The summed E-state index contributed by atoms with van der Waals surface area (Å²) < 4.78 is 91.2. The Labute approximate surface area is 249 Å². The van der Waals surface area contributed by atoms with E-state index in [0.717, 1.165) is 17.2 Å². The van der Waals surface area contributed by atoms with Gasteiger partial charge in [0, 0.05) is 0 Å². The highest BCUT2D eigenvalue weighted by Crippen LogP contribution is 2.57. The molecule has 24 heteroatoms. The van der Waals surface area contributed by atoms with Crippen molar-refractivity contribution in [3.05, 3.63) is 39.7 Å². The van der Waals surface area contributed by atoms with Crippen molar-refractivity contribution in [2.24, 2.45) is 0 Å². The molecule has 2 bridgehead atoms. The zero-order valence-corrected chi connectivity index (χ0v) is 25.0. The van der Waals surface area contributed by atoms with Gasteiger partial charge in [-0.05, 0) is 6.92 Å². The summed E-state index contributed by atoms with van der Waals surface area (Å²) in [7, 11) is -3.64. The van der Waals surface area contributed by atoms with E-state index in [1.807, 2.05) is 0 Å². The van der Waals surface area contributed by atoms with Gasteiger partial charge in [-0.1, -0.05) is 12.2 Å². The van der Waals surface area contributed by atoms with Crippen molar-refractivity contribution in [2.45, 2.75) is 50.2 Å². The van der Waals surface area contributed by atoms with E-state index >= 15 is 8.78 Å². The van der Waals surface area contributed by atoms with Gasteiger partial charge in [0.05, 0.1) is 32.2 Å². The lowest BCUT2D eigenvalue weighted by Crippen LogP contribution is -2.34. The Hall–Kier alpha value is -3.07. The van der Waals surface area contributed by atoms with Crippen molar-refractivity contribution in [3.8, 4) is 0 Å². The Morgan fingerprint density at radius 1 is 1.18 bits per heavy atom. The van der Waals surface area contributed by atoms with Crippen LogP contribution in [0.4, 0.5) is 14.7 Å². The lowest BCUT2D eigenvalue weighted by atomic mass is 10.1. The Bertz CT molecular complexity index is 1890. The molecule has 19 nitrogen and oxygen atoms in total. The predicted octanol–water partition coefficient (Wildman–Crippen LogP) is 1.15. The van der Waals surface area contributed by atoms with E-state index in [9.17, 15) is 18.7 Å². The molecule has 4 aromatic heterocycles. The van der Waals surface area contributed by atoms with Gasteiger partial charge in [0.15, 0.2) is 34.7 Å². The third-order valence-electron chi connectivity index (χ3n) is 6.64. The summed E-state index contributed by atoms with van der Waals surface area (Å²) in [4.78, 5) is 44.8. The molecule has 2 unspecified atom stereocenters. The van der Waals surface area contributed by atoms with E-state index in [4.69, 9.17) is 33.3 Å². The Morgan fingerprint density at radius 3 is 2.73 bits per heavy atom. The van der Waals surface area contributed by atoms with Gasteiger partial charge in [0.25, 0.3) is 11.1 Å². The van der Waals surface area contributed by atoms with E-state index in [0.29, 0.717) is 0 Å². The standard InChI is InChI=1S/C20H23F2N9O10P2S/c1-7(30-5-26-11-15(30)24-4-25-17(11)32)38-9-3-37-43(35,44)41-13-10(21)8(2-36-42(34)40-14(9)22)39-19(13)31-6-27-12-16(31)28-20(23)29-18(12)33/h4-10,13-14,19,42H,2-3H2,1H3,(H,35,44)(H,24,25,32)(H3,23,28,29,33)/t7-,8-,9-,10+,13-,14?,19-,43-/m1/s1. The third-order valence-corrected chi connectivity index (χ3v) is 9.08. The number of hydrogen-bond donors (Lipinski definition) is 4. The molecule has 2 aliphatic rings. The molecule has 0 radical (unpaired) electrons. The van der Waals surface area contributed by atoms with Gasteiger partial charge < -0.3 is 24.7 Å². The first kappa shape index (κ1) is 30.9. The summed E-state index contributed by atoms with van der Waals surface area (Å²) in [5.74, 6) is -0.273. The molecule has 0 amide bonds. The highest BCUT2D eigenvalue weighted by molar-refractivity contribution is 8.44. The smallest absolute Gasteiger partial charge is 0.369 e. The molecule has 6 heterocycles. The zero-order chi connectivity index (χ0) is 31.3. The number of nitrogens with zero attached hydrogens (tertiary/aromatic N) is 6. The molecule has 2 aliphatic heterocycles. The Balaban J connectivity index is 1.28. The highest BCUT2D eigenvalue weighted by Gasteiger charge is 2.51. The fourth-order valence-electron chi connectivity index (χ4n) is 4.62. The molecule has 4 aromatic rings. The number of imidazole rings is 2. The number of H-pyrrole nitrogens is 2. The van der Waals surface area contributed by atoms with Gasteiger partial charge in [-0.15, -0.1) is 0 Å². The maximum absolute atomic E-state index is 15.7. The summed E-state index contributed by atoms with van der Waals surface area (Å²) in [5.41, 5.74) is 4.24. The molecule has 4 N–H and O–H groups in total. The minimum Gasteiger partial charge on any atom is -0.369 e. The molecule has 0 aliphatic carbocycles. The maximum Gasteiger partial charge on any atom is 0.386 e. The molecule has 2 saturated heterocycles. The SMILES string of the molecule is C[C@@H](O[C@@H]1CO[P@@](=O)(S)O[C@@H]2[C@@H](F)[C@@H](CO[PH](=O)OC1F)O[C@H]2n1cnc2c(=O)[nH]c(N)nc21)n1cnc2c(=O)[nH]cnc21. The van der Waals surface area contributed by atoms with Crippen molar-refractivity contribution in [2.75, 3.05) is 18.9 Å². The first-order valence-corrected chi connectivity index (χ1v) is 16.5. The molecular weight excluding hydrogens is 658 g/mol. The molecule has 9 atom stereocenters. The summed E-state index contributed by atoms with van der Waals surface area (Å²) in [6.45, 7) is -4.69. The van der Waals surface area contributed by atoms with Crippen LogP contribution in [0.1, 0.15) is 19.4 Å². The highest BCUT2D eigenvalue weighted by atomic mass is 32.7. The number of hydrogen-bond acceptors (Lipinski definition) is 15. The van der Waals surface area contributed by atoms with Crippen molar-refractivity contribution in [1.29, 1.82) is 0 Å². The molecule has 238 valence electrons. The summed E-state index contributed by atoms with van der Waals surface area (Å²) in [6.07, 6.45) is -8.67. The molecular formula is C20H23F2N9O10P2S. The minimum absolute atomic E-state index is 0.0188. The van der Waals surface area contributed by atoms with Crippen LogP contribution in [0.2, 0.25) is 0 Å². The first-order chi connectivity index (χ1) is 20.9. The second-order valence-corrected chi connectivity index (χ2v) is 13.4. The normalized spacial score (nSPS) is 32.7. The van der Waals surface area contributed by atoms with Crippen LogP contribution in [-0.4, -0.2) is 83.1 Å². The van der Waals surface area contributed by atoms with Crippen molar-refractivity contribution < 1.29 is 45.5 Å². The number of thiol groups is 1. The Morgan fingerprint density at radius 2 is 1.93 bits per heavy atom. The lowest BCUT2D eigenvalue weighted by Gasteiger charge is -2.28. The van der Waals surface area contributed by atoms with Crippen molar-refractivity contribution >= 4 is 55.6 Å². The van der Waals surface area contributed by atoms with Crippen LogP contribution in [0.3, 0.4) is 0 Å². The number of anilines is 1. The van der Waals surface area contributed by atoms with Crippen LogP contribution in [0.5, 0.6) is 0 Å². The number of aromatic nitrogens is 8. The van der Waals surface area contributed by atoms with Gasteiger partial charge >= 0.3 is 15.1 Å². The van der Waals surface area contributed by atoms with Gasteiger partial charge in [0.2, 0.25) is 12.3 Å². The quantitative estimate of drug-likeness (QED) is 0.174. The average molecular weight is 681 g/mol. The zero-order valence-electron chi connectivity index (χ0n) is 22.2. The van der Waals surface area contributed by atoms with Gasteiger partial charge in [-0.25, -0.2) is 28.3 Å². The second-order valence-electron chi connectivity index (χ2n) is 9.48. The lowest BCUT2D eigenvalue weighted by molar-refractivity contribution is -0.144. The predicted molar refractivity (Wildman–Crippen MR) is 147 cm³/mol. The second kappa shape index (κ2) is 12.0. The first-order valence-electron chi connectivity index (χ1n) is 12.6. The monoisotopic (exact) mass is 681 g/mol. The topological polar surface area (TPSA) is 243 Å². The number of halogens is 2. The van der Waals surface area contributed by atoms with Crippen LogP contribution < -0.4 is 16.9 Å². The van der Waals surface area contributed by atoms with Gasteiger partial charge in [-0.3, -0.25) is 41.8 Å². The van der Waals surface area contributed by atoms with Crippen LogP contribution in [0.25, 0.3) is 22.3 Å². The van der Waals surface area contributed by atoms with Gasteiger partial charge in [0.1, 0.15) is 24.5 Å². The Kier molecular flexibility index (Phi) is 8.46. The van der Waals surface area contributed by atoms with Crippen LogP contribution >= 0.6 is 27.3 Å². The van der Waals surface area contributed by atoms with Crippen LogP contribution in [-0.2, 0) is 36.7 Å². The van der Waals surface area contributed by atoms with Crippen LogP contribution in [0.15, 0.2) is 28.6 Å². The fourth-order valence-corrected chi connectivity index (χ4v) is 6.78. The number of nitrogens with two attached hydrogens (primary N) is 1. The van der Waals surface area contributed by atoms with E-state index in [1.54, 1.807) is 0 Å². The van der Waals surface area contributed by atoms with E-state index in [-0.39, 0.29) is 28.3 Å². The fraction of sp³-hybridized carbons (Fsp3) is 0.500. The summed E-state index contributed by atoms with van der Waals surface area (Å²) in [5, 5.41) is 0. The number of fused-ring (bicyclic) bond motifs is 4. The summed E-state index contributed by atoms with van der Waals surface area (Å²) in [6, 6.07) is 0. The number of alkyl halides is 2. The van der Waals surface area contributed by atoms with Gasteiger partial charge in [-0.2, -0.15) is 4.98 Å². The molecule has 0 saturated carbocycles. The minimum atomic E-state index is -4.54. The average Bonchev–Trinajstić information content (AvgIpc) is 3.66. The number of nitrogens with one attached hydrogen (secondary N) is 2. The molecule has 2 fully saturated rings. The largest absolute Gasteiger partial charge is 0.386 e. The number of ether oxygens (including phenoxy) is 2. The summed E-state index contributed by atoms with van der Waals surface area (Å²) >= 11 is 3.93. The van der Waals surface area contributed by atoms with E-state index in [1.165, 1.54) is 17.8 Å². The van der Waals surface area contributed by atoms with E-state index in [2.05, 4.69) is 42.2 Å². The van der Waals surface area contributed by atoms with Crippen molar-refractivity contribution in [3.63, 3.8) is 0 Å². The molecule has 6 rings (SSSR count). The van der Waals surface area contributed by atoms with E-state index < -0.39 is 82.7 Å². The number of nitrogen functional groups attached to an aromatic ring is 1. The maximum atomic E-state index is 15.7. The molecule has 0 spiro atoms. The molecule has 44 heavy (non-hydrogen) atoms. The van der Waals surface area contributed by atoms with Crippen molar-refractivity contribution in [1.82, 2.24) is 39.0 Å². The third kappa shape index (κ3) is 5.96.